The van der Waals surface area contributed by atoms with E-state index in [1.54, 1.807) is 0 Å². The second-order valence-corrected chi connectivity index (χ2v) is 4.82. The number of hydrogen-bond donors (Lipinski definition) is 2. The average molecular weight is 286 g/mol. The van der Waals surface area contributed by atoms with Crippen molar-refractivity contribution < 1.29 is 24.5 Å². The normalized spacial score (nSPS) is 11.8. The number of carbonyl (C=O) groups is 2. The number of aliphatic hydroxyl groups is 1. The summed E-state index contributed by atoms with van der Waals surface area (Å²) in [4.78, 5) is 22.5. The number of aliphatic carboxylic acids is 1. The van der Waals surface area contributed by atoms with Gasteiger partial charge in [-0.05, 0) is 19.3 Å². The quantitative estimate of drug-likeness (QED) is 0.309. The maximum Gasteiger partial charge on any atom is 0.307 e. The highest BCUT2D eigenvalue weighted by Gasteiger charge is 2.21. The Labute approximate surface area is 120 Å². The van der Waals surface area contributed by atoms with Gasteiger partial charge in [0, 0.05) is 13.0 Å². The van der Waals surface area contributed by atoms with Crippen LogP contribution in [0.2, 0.25) is 0 Å². The van der Waals surface area contributed by atoms with Crippen molar-refractivity contribution in [2.75, 3.05) is 13.2 Å². The van der Waals surface area contributed by atoms with E-state index in [1.165, 1.54) is 0 Å². The molecule has 0 radical (unpaired) electrons. The van der Waals surface area contributed by atoms with Crippen molar-refractivity contribution in [3.05, 3.63) is 12.7 Å². The number of rotatable bonds is 13. The molecule has 0 aromatic rings. The first kappa shape index (κ1) is 18.6. The van der Waals surface area contributed by atoms with Gasteiger partial charge in [-0.3, -0.25) is 9.59 Å². The predicted molar refractivity (Wildman–Crippen MR) is 76.3 cm³/mol. The molecule has 2 N–H and O–H groups in total. The molecule has 5 heteroatoms. The van der Waals surface area contributed by atoms with Crippen LogP contribution in [-0.4, -0.2) is 35.4 Å². The van der Waals surface area contributed by atoms with Gasteiger partial charge in [0.2, 0.25) is 0 Å². The summed E-state index contributed by atoms with van der Waals surface area (Å²) in [6, 6.07) is 0. The number of ether oxygens (including phenoxy) is 1. The molecule has 0 saturated heterocycles. The summed E-state index contributed by atoms with van der Waals surface area (Å²) < 4.78 is 4.85. The zero-order chi connectivity index (χ0) is 15.2. The molecule has 1 atom stereocenters. The molecule has 116 valence electrons. The third-order valence-electron chi connectivity index (χ3n) is 3.04. The summed E-state index contributed by atoms with van der Waals surface area (Å²) in [5.41, 5.74) is 0. The Hall–Kier alpha value is -1.36. The van der Waals surface area contributed by atoms with Crippen LogP contribution in [0.4, 0.5) is 0 Å². The molecule has 0 rings (SSSR count). The van der Waals surface area contributed by atoms with Crippen molar-refractivity contribution in [2.24, 2.45) is 5.92 Å². The van der Waals surface area contributed by atoms with E-state index < -0.39 is 17.9 Å². The van der Waals surface area contributed by atoms with E-state index >= 15 is 0 Å². The van der Waals surface area contributed by atoms with Crippen molar-refractivity contribution in [1.82, 2.24) is 0 Å². The maximum absolute atomic E-state index is 11.4. The summed E-state index contributed by atoms with van der Waals surface area (Å²) >= 11 is 0. The van der Waals surface area contributed by atoms with E-state index in [4.69, 9.17) is 14.9 Å². The molecular formula is C15H26O5. The fraction of sp³-hybridized carbons (Fsp3) is 0.733. The minimum Gasteiger partial charge on any atom is -0.481 e. The number of carbonyl (C=O) groups excluding carboxylic acids is 1. The van der Waals surface area contributed by atoms with Crippen LogP contribution in [0.5, 0.6) is 0 Å². The Balaban J connectivity index is 3.83. The minimum atomic E-state index is -0.949. The van der Waals surface area contributed by atoms with Crippen molar-refractivity contribution >= 4 is 11.9 Å². The van der Waals surface area contributed by atoms with E-state index in [-0.39, 0.29) is 19.6 Å². The predicted octanol–water partition coefficient (Wildman–Crippen LogP) is 2.53. The zero-order valence-electron chi connectivity index (χ0n) is 12.1. The number of allylic oxidation sites excluding steroid dienone is 1. The van der Waals surface area contributed by atoms with E-state index in [1.807, 2.05) is 6.08 Å². The monoisotopic (exact) mass is 286 g/mol. The van der Waals surface area contributed by atoms with Crippen molar-refractivity contribution in [1.29, 1.82) is 0 Å². The Morgan fingerprint density at radius 3 is 2.45 bits per heavy atom. The highest BCUT2D eigenvalue weighted by molar-refractivity contribution is 5.78. The lowest BCUT2D eigenvalue weighted by atomic mass is 9.97. The van der Waals surface area contributed by atoms with E-state index in [9.17, 15) is 9.59 Å². The largest absolute Gasteiger partial charge is 0.481 e. The number of carboxylic acid groups (broad SMARTS) is 1. The summed E-state index contributed by atoms with van der Waals surface area (Å²) in [6.45, 7) is 3.75. The topological polar surface area (TPSA) is 83.8 Å². The molecule has 0 heterocycles. The van der Waals surface area contributed by atoms with Gasteiger partial charge in [0.1, 0.15) is 0 Å². The molecule has 0 bridgehead atoms. The molecule has 20 heavy (non-hydrogen) atoms. The van der Waals surface area contributed by atoms with Crippen LogP contribution in [0.1, 0.15) is 51.4 Å². The molecule has 0 aliphatic heterocycles. The van der Waals surface area contributed by atoms with Crippen LogP contribution in [0.25, 0.3) is 0 Å². The van der Waals surface area contributed by atoms with E-state index in [2.05, 4.69) is 6.58 Å². The number of carboxylic acids is 1. The molecule has 1 unspecified atom stereocenters. The smallest absolute Gasteiger partial charge is 0.307 e. The summed E-state index contributed by atoms with van der Waals surface area (Å²) in [6.07, 6.45) is 7.56. The third kappa shape index (κ3) is 10.6. The van der Waals surface area contributed by atoms with Gasteiger partial charge in [-0.2, -0.15) is 0 Å². The first-order chi connectivity index (χ1) is 9.61. The second-order valence-electron chi connectivity index (χ2n) is 4.82. The van der Waals surface area contributed by atoms with E-state index in [0.29, 0.717) is 12.8 Å². The van der Waals surface area contributed by atoms with Crippen molar-refractivity contribution in [2.45, 2.75) is 51.4 Å². The van der Waals surface area contributed by atoms with Crippen LogP contribution in [0.15, 0.2) is 12.7 Å². The maximum atomic E-state index is 11.4. The number of hydrogen-bond acceptors (Lipinski definition) is 4. The molecular weight excluding hydrogens is 260 g/mol. The molecule has 0 aliphatic rings. The Morgan fingerprint density at radius 2 is 1.85 bits per heavy atom. The lowest BCUT2D eigenvalue weighted by Gasteiger charge is -2.11. The van der Waals surface area contributed by atoms with Gasteiger partial charge in [0.15, 0.2) is 0 Å². The fourth-order valence-electron chi connectivity index (χ4n) is 1.86. The highest BCUT2D eigenvalue weighted by Crippen LogP contribution is 2.16. The highest BCUT2D eigenvalue weighted by atomic mass is 16.5. The minimum absolute atomic E-state index is 0.0413. The first-order valence-corrected chi connectivity index (χ1v) is 7.22. The SMILES string of the molecule is C=CCCCCCCC(CC(=O)OCCCO)C(=O)O. The fourth-order valence-corrected chi connectivity index (χ4v) is 1.86. The molecule has 0 aliphatic carbocycles. The summed E-state index contributed by atoms with van der Waals surface area (Å²) in [7, 11) is 0. The van der Waals surface area contributed by atoms with Gasteiger partial charge in [-0.1, -0.05) is 25.3 Å². The Bertz CT molecular complexity index is 288. The van der Waals surface area contributed by atoms with E-state index in [0.717, 1.165) is 32.1 Å². The molecule has 0 fully saturated rings. The first-order valence-electron chi connectivity index (χ1n) is 7.22. The average Bonchev–Trinajstić information content (AvgIpc) is 2.41. The molecule has 0 saturated carbocycles. The van der Waals surface area contributed by atoms with Gasteiger partial charge < -0.3 is 14.9 Å². The van der Waals surface area contributed by atoms with Crippen LogP contribution in [-0.2, 0) is 14.3 Å². The van der Waals surface area contributed by atoms with Crippen LogP contribution >= 0.6 is 0 Å². The van der Waals surface area contributed by atoms with Crippen LogP contribution < -0.4 is 0 Å². The summed E-state index contributed by atoms with van der Waals surface area (Å²) in [5.74, 6) is -2.12. The Morgan fingerprint density at radius 1 is 1.15 bits per heavy atom. The molecule has 0 aromatic carbocycles. The second kappa shape index (κ2) is 12.7. The Kier molecular flexibility index (Phi) is 11.8. The van der Waals surface area contributed by atoms with Gasteiger partial charge in [-0.25, -0.2) is 0 Å². The van der Waals surface area contributed by atoms with Crippen LogP contribution in [0, 0.1) is 5.92 Å². The third-order valence-corrected chi connectivity index (χ3v) is 3.04. The number of unbranched alkanes of at least 4 members (excludes halogenated alkanes) is 4. The van der Waals surface area contributed by atoms with Gasteiger partial charge in [-0.15, -0.1) is 6.58 Å². The lowest BCUT2D eigenvalue weighted by molar-refractivity contribution is -0.152. The van der Waals surface area contributed by atoms with Gasteiger partial charge >= 0.3 is 11.9 Å². The molecule has 5 nitrogen and oxygen atoms in total. The number of esters is 1. The van der Waals surface area contributed by atoms with Gasteiger partial charge in [0.05, 0.1) is 18.9 Å². The van der Waals surface area contributed by atoms with Crippen molar-refractivity contribution in [3.63, 3.8) is 0 Å². The molecule has 0 spiro atoms. The molecule has 0 amide bonds. The van der Waals surface area contributed by atoms with Gasteiger partial charge in [0.25, 0.3) is 0 Å². The number of aliphatic hydroxyl groups excluding tert-OH is 1. The summed E-state index contributed by atoms with van der Waals surface area (Å²) in [5, 5.41) is 17.6. The zero-order valence-corrected chi connectivity index (χ0v) is 12.1. The van der Waals surface area contributed by atoms with Crippen LogP contribution in [0.3, 0.4) is 0 Å². The van der Waals surface area contributed by atoms with Crippen molar-refractivity contribution in [3.8, 4) is 0 Å². The lowest BCUT2D eigenvalue weighted by Crippen LogP contribution is -2.20. The standard InChI is InChI=1S/C15H26O5/c1-2-3-4-5-6-7-9-13(15(18)19)12-14(17)20-11-8-10-16/h2,13,16H,1,3-12H2,(H,18,19). The molecule has 0 aromatic heterocycles.